The van der Waals surface area contributed by atoms with E-state index in [4.69, 9.17) is 0 Å². The molecule has 0 aliphatic rings. The summed E-state index contributed by atoms with van der Waals surface area (Å²) >= 11 is 0. The quantitative estimate of drug-likeness (QED) is 0.604. The molecule has 0 unspecified atom stereocenters. The molecule has 3 rings (SSSR count). The van der Waals surface area contributed by atoms with E-state index < -0.39 is 21.0 Å². The van der Waals surface area contributed by atoms with E-state index in [1.165, 1.54) is 54.7 Å². The molecule has 0 radical (unpaired) electrons. The Kier molecular flexibility index (Phi) is 6.51. The van der Waals surface area contributed by atoms with Gasteiger partial charge in [-0.3, -0.25) is 9.78 Å². The zero-order valence-electron chi connectivity index (χ0n) is 15.4. The van der Waals surface area contributed by atoms with E-state index in [1.807, 2.05) is 0 Å². The van der Waals surface area contributed by atoms with Crippen LogP contribution in [0.4, 0.5) is 4.39 Å². The van der Waals surface area contributed by atoms with Crippen LogP contribution in [-0.2, 0) is 14.6 Å². The Bertz CT molecular complexity index is 1080. The summed E-state index contributed by atoms with van der Waals surface area (Å²) in [6.07, 6.45) is 5.84. The van der Waals surface area contributed by atoms with Crippen molar-refractivity contribution in [2.24, 2.45) is 0 Å². The van der Waals surface area contributed by atoms with Crippen molar-refractivity contribution in [3.05, 3.63) is 102 Å². The smallest absolute Gasteiger partial charge is 0.244 e. The molecular formula is C22H19FN2O3S. The van der Waals surface area contributed by atoms with E-state index >= 15 is 0 Å². The van der Waals surface area contributed by atoms with Crippen LogP contribution in [0.25, 0.3) is 6.08 Å². The Morgan fingerprint density at radius 3 is 2.41 bits per heavy atom. The van der Waals surface area contributed by atoms with Crippen LogP contribution in [0.3, 0.4) is 0 Å². The standard InChI is InChI=1S/C22H19FN2O3S/c23-19-11-8-17(9-12-19)10-13-22(26)25-16-21(18-5-4-14-24-15-18)29(27,28)20-6-2-1-3-7-20/h1-15,21H,16H2,(H,25,26)/b13-10+/t21-/m1/s1. The van der Waals surface area contributed by atoms with E-state index in [9.17, 15) is 17.6 Å². The number of nitrogens with one attached hydrogen (secondary N) is 1. The molecule has 0 saturated carbocycles. The van der Waals surface area contributed by atoms with Crippen LogP contribution in [0, 0.1) is 5.82 Å². The highest BCUT2D eigenvalue weighted by atomic mass is 32.2. The molecule has 1 aromatic heterocycles. The molecule has 3 aromatic rings. The molecule has 1 N–H and O–H groups in total. The lowest BCUT2D eigenvalue weighted by Crippen LogP contribution is -2.31. The number of carbonyl (C=O) groups excluding carboxylic acids is 1. The van der Waals surface area contributed by atoms with Gasteiger partial charge in [-0.2, -0.15) is 0 Å². The molecule has 2 aromatic carbocycles. The molecule has 148 valence electrons. The number of carbonyl (C=O) groups is 1. The Labute approximate surface area is 168 Å². The number of amides is 1. The summed E-state index contributed by atoms with van der Waals surface area (Å²) in [4.78, 5) is 16.4. The molecule has 0 aliphatic carbocycles. The Balaban J connectivity index is 1.77. The number of nitrogens with zero attached hydrogens (tertiary/aromatic N) is 1. The molecule has 5 nitrogen and oxygen atoms in total. The molecule has 1 heterocycles. The van der Waals surface area contributed by atoms with E-state index in [0.29, 0.717) is 11.1 Å². The monoisotopic (exact) mass is 410 g/mol. The van der Waals surface area contributed by atoms with Crippen LogP contribution < -0.4 is 5.32 Å². The number of halogens is 1. The van der Waals surface area contributed by atoms with Crippen molar-refractivity contribution >= 4 is 21.8 Å². The van der Waals surface area contributed by atoms with Crippen molar-refractivity contribution in [2.75, 3.05) is 6.54 Å². The maximum Gasteiger partial charge on any atom is 0.244 e. The average Bonchev–Trinajstić information content (AvgIpc) is 2.75. The van der Waals surface area contributed by atoms with E-state index in [1.54, 1.807) is 36.5 Å². The molecule has 1 atom stereocenters. The highest BCUT2D eigenvalue weighted by molar-refractivity contribution is 7.91. The molecular weight excluding hydrogens is 391 g/mol. The van der Waals surface area contributed by atoms with Crippen molar-refractivity contribution in [3.63, 3.8) is 0 Å². The minimum atomic E-state index is -3.74. The number of aromatic nitrogens is 1. The van der Waals surface area contributed by atoms with E-state index in [2.05, 4.69) is 10.3 Å². The van der Waals surface area contributed by atoms with Crippen molar-refractivity contribution in [1.29, 1.82) is 0 Å². The fourth-order valence-electron chi connectivity index (χ4n) is 2.75. The van der Waals surface area contributed by atoms with Gasteiger partial charge in [0.1, 0.15) is 11.1 Å². The van der Waals surface area contributed by atoms with Gasteiger partial charge < -0.3 is 5.32 Å². The molecule has 7 heteroatoms. The van der Waals surface area contributed by atoms with Crippen LogP contribution in [0.5, 0.6) is 0 Å². The fourth-order valence-corrected chi connectivity index (χ4v) is 4.41. The summed E-state index contributed by atoms with van der Waals surface area (Å²) in [5, 5.41) is 1.65. The molecule has 1 amide bonds. The van der Waals surface area contributed by atoms with Crippen molar-refractivity contribution in [1.82, 2.24) is 10.3 Å². The van der Waals surface area contributed by atoms with Gasteiger partial charge in [0.15, 0.2) is 9.84 Å². The van der Waals surface area contributed by atoms with Crippen LogP contribution in [0.2, 0.25) is 0 Å². The van der Waals surface area contributed by atoms with Gasteiger partial charge >= 0.3 is 0 Å². The minimum Gasteiger partial charge on any atom is -0.351 e. The predicted octanol–water partition coefficient (Wildman–Crippen LogP) is 3.57. The van der Waals surface area contributed by atoms with Crippen LogP contribution >= 0.6 is 0 Å². The SMILES string of the molecule is O=C(/C=C/c1ccc(F)cc1)NC[C@H](c1cccnc1)S(=O)(=O)c1ccccc1. The van der Waals surface area contributed by atoms with E-state index in [-0.39, 0.29) is 17.3 Å². The Morgan fingerprint density at radius 1 is 1.03 bits per heavy atom. The largest absolute Gasteiger partial charge is 0.351 e. The molecule has 0 spiro atoms. The van der Waals surface area contributed by atoms with Crippen molar-refractivity contribution < 1.29 is 17.6 Å². The molecule has 0 aliphatic heterocycles. The molecule has 0 bridgehead atoms. The molecule has 0 fully saturated rings. The molecule has 0 saturated heterocycles. The number of sulfone groups is 1. The van der Waals surface area contributed by atoms with Crippen LogP contribution in [0.1, 0.15) is 16.4 Å². The lowest BCUT2D eigenvalue weighted by atomic mass is 10.2. The zero-order valence-corrected chi connectivity index (χ0v) is 16.2. The highest BCUT2D eigenvalue weighted by Gasteiger charge is 2.29. The van der Waals surface area contributed by atoms with Gasteiger partial charge in [-0.1, -0.05) is 36.4 Å². The Hall–Kier alpha value is -3.32. The normalized spacial score (nSPS) is 12.6. The number of hydrogen-bond acceptors (Lipinski definition) is 4. The third kappa shape index (κ3) is 5.36. The summed E-state index contributed by atoms with van der Waals surface area (Å²) in [6, 6.07) is 17.1. The minimum absolute atomic E-state index is 0.116. The zero-order chi connectivity index (χ0) is 20.7. The lowest BCUT2D eigenvalue weighted by Gasteiger charge is -2.18. The number of pyridine rings is 1. The first-order chi connectivity index (χ1) is 14.0. The van der Waals surface area contributed by atoms with Gasteiger partial charge in [-0.15, -0.1) is 0 Å². The third-order valence-electron chi connectivity index (χ3n) is 4.26. The second-order valence-corrected chi connectivity index (χ2v) is 8.39. The summed E-state index contributed by atoms with van der Waals surface area (Å²) < 4.78 is 39.2. The number of hydrogen-bond donors (Lipinski definition) is 1. The maximum absolute atomic E-state index is 13.1. The van der Waals surface area contributed by atoms with Crippen molar-refractivity contribution in [2.45, 2.75) is 10.1 Å². The van der Waals surface area contributed by atoms with Gasteiger partial charge in [-0.25, -0.2) is 12.8 Å². The second kappa shape index (κ2) is 9.25. The average molecular weight is 410 g/mol. The van der Waals surface area contributed by atoms with Gasteiger partial charge in [0.25, 0.3) is 0 Å². The van der Waals surface area contributed by atoms with Gasteiger partial charge in [0, 0.05) is 25.0 Å². The van der Waals surface area contributed by atoms with Gasteiger partial charge in [0.2, 0.25) is 5.91 Å². The number of rotatable bonds is 7. The fraction of sp³-hybridized carbons (Fsp3) is 0.0909. The summed E-state index contributed by atoms with van der Waals surface area (Å²) in [5.74, 6) is -0.816. The first kappa shape index (κ1) is 20.4. The van der Waals surface area contributed by atoms with Gasteiger partial charge in [0.05, 0.1) is 4.90 Å². The Morgan fingerprint density at radius 2 is 1.76 bits per heavy atom. The second-order valence-electron chi connectivity index (χ2n) is 6.26. The third-order valence-corrected chi connectivity index (χ3v) is 6.38. The van der Waals surface area contributed by atoms with Crippen LogP contribution in [-0.4, -0.2) is 25.9 Å². The van der Waals surface area contributed by atoms with E-state index in [0.717, 1.165) is 0 Å². The maximum atomic E-state index is 13.1. The predicted molar refractivity (Wildman–Crippen MR) is 109 cm³/mol. The lowest BCUT2D eigenvalue weighted by molar-refractivity contribution is -0.116. The first-order valence-corrected chi connectivity index (χ1v) is 10.4. The summed E-state index contributed by atoms with van der Waals surface area (Å²) in [6.45, 7) is -0.116. The summed E-state index contributed by atoms with van der Waals surface area (Å²) in [7, 11) is -3.74. The van der Waals surface area contributed by atoms with Crippen molar-refractivity contribution in [3.8, 4) is 0 Å². The summed E-state index contributed by atoms with van der Waals surface area (Å²) in [5.41, 5.74) is 1.14. The first-order valence-electron chi connectivity index (χ1n) is 8.87. The van der Waals surface area contributed by atoms with Crippen LogP contribution in [0.15, 0.2) is 90.1 Å². The topological polar surface area (TPSA) is 76.1 Å². The molecule has 29 heavy (non-hydrogen) atoms. The highest BCUT2D eigenvalue weighted by Crippen LogP contribution is 2.27. The number of benzene rings is 2. The van der Waals surface area contributed by atoms with Gasteiger partial charge in [-0.05, 0) is 47.5 Å².